The lowest BCUT2D eigenvalue weighted by atomic mass is 10.1. The third kappa shape index (κ3) is 2.03. The van der Waals surface area contributed by atoms with Crippen molar-refractivity contribution in [3.05, 3.63) is 35.1 Å². The molecule has 4 heteroatoms. The average molecular weight is 179 g/mol. The predicted octanol–water partition coefficient (Wildman–Crippen LogP) is 1.59. The van der Waals surface area contributed by atoms with E-state index >= 15 is 0 Å². The monoisotopic (exact) mass is 179 g/mol. The molecule has 0 unspecified atom stereocenters. The number of carboxylic acids is 1. The molecule has 0 heterocycles. The van der Waals surface area contributed by atoms with Crippen molar-refractivity contribution in [1.29, 1.82) is 5.26 Å². The Labute approximate surface area is 74.0 Å². The fourth-order valence-electron chi connectivity index (χ4n) is 0.909. The second-order valence-corrected chi connectivity index (χ2v) is 2.45. The van der Waals surface area contributed by atoms with Gasteiger partial charge in [-0.05, 0) is 12.1 Å². The van der Waals surface area contributed by atoms with Crippen LogP contribution in [0.25, 0.3) is 0 Å². The highest BCUT2D eigenvalue weighted by atomic mass is 19.1. The van der Waals surface area contributed by atoms with Crippen LogP contribution in [0.1, 0.15) is 15.9 Å². The summed E-state index contributed by atoms with van der Waals surface area (Å²) in [6.07, 6.45) is -0.0499. The molecule has 0 aromatic heterocycles. The van der Waals surface area contributed by atoms with E-state index < -0.39 is 11.8 Å². The minimum absolute atomic E-state index is 0.0499. The highest BCUT2D eigenvalue weighted by Gasteiger charge is 2.07. The van der Waals surface area contributed by atoms with Gasteiger partial charge in [-0.1, -0.05) is 6.07 Å². The fraction of sp³-hybridized carbons (Fsp3) is 0.111. The molecule has 66 valence electrons. The molecule has 0 atom stereocenters. The lowest BCUT2D eigenvalue weighted by Gasteiger charge is -1.98. The van der Waals surface area contributed by atoms with Crippen LogP contribution in [0.15, 0.2) is 18.2 Å². The zero-order chi connectivity index (χ0) is 9.84. The Morgan fingerprint density at radius 2 is 2.31 bits per heavy atom. The van der Waals surface area contributed by atoms with Crippen molar-refractivity contribution in [2.45, 2.75) is 6.42 Å². The van der Waals surface area contributed by atoms with Gasteiger partial charge < -0.3 is 5.11 Å². The van der Waals surface area contributed by atoms with E-state index in [0.717, 1.165) is 6.07 Å². The maximum Gasteiger partial charge on any atom is 0.335 e. The Bertz CT molecular complexity index is 382. The number of hydrogen-bond acceptors (Lipinski definition) is 2. The fourth-order valence-corrected chi connectivity index (χ4v) is 0.909. The molecule has 1 aromatic carbocycles. The molecule has 13 heavy (non-hydrogen) atoms. The van der Waals surface area contributed by atoms with Crippen LogP contribution in [0.4, 0.5) is 4.39 Å². The van der Waals surface area contributed by atoms with Crippen LogP contribution in [-0.2, 0) is 6.42 Å². The number of hydrogen-bond donors (Lipinski definition) is 1. The molecule has 0 spiro atoms. The molecule has 0 saturated heterocycles. The summed E-state index contributed by atoms with van der Waals surface area (Å²) in [4.78, 5) is 10.4. The predicted molar refractivity (Wildman–Crippen MR) is 42.7 cm³/mol. The van der Waals surface area contributed by atoms with Gasteiger partial charge in [-0.25, -0.2) is 9.18 Å². The third-order valence-electron chi connectivity index (χ3n) is 1.57. The molecule has 0 bridgehead atoms. The van der Waals surface area contributed by atoms with Crippen molar-refractivity contribution in [2.75, 3.05) is 0 Å². The van der Waals surface area contributed by atoms with Crippen LogP contribution in [0.3, 0.4) is 0 Å². The summed E-state index contributed by atoms with van der Waals surface area (Å²) in [6, 6.07) is 5.28. The number of carbonyl (C=O) groups is 1. The second-order valence-electron chi connectivity index (χ2n) is 2.45. The van der Waals surface area contributed by atoms with Crippen LogP contribution in [-0.4, -0.2) is 11.1 Å². The summed E-state index contributed by atoms with van der Waals surface area (Å²) in [6.45, 7) is 0. The van der Waals surface area contributed by atoms with Crippen LogP contribution in [0.5, 0.6) is 0 Å². The highest BCUT2D eigenvalue weighted by molar-refractivity contribution is 5.87. The van der Waals surface area contributed by atoms with Gasteiger partial charge in [-0.3, -0.25) is 0 Å². The number of benzene rings is 1. The number of nitriles is 1. The summed E-state index contributed by atoms with van der Waals surface area (Å²) in [5.41, 5.74) is 0.103. The molecule has 0 saturated carbocycles. The van der Waals surface area contributed by atoms with Crippen LogP contribution < -0.4 is 0 Å². The first-order valence-corrected chi connectivity index (χ1v) is 3.54. The van der Waals surface area contributed by atoms with Crippen LogP contribution in [0.2, 0.25) is 0 Å². The van der Waals surface area contributed by atoms with E-state index in [0.29, 0.717) is 0 Å². The number of rotatable bonds is 2. The smallest absolute Gasteiger partial charge is 0.335 e. The zero-order valence-electron chi connectivity index (χ0n) is 6.62. The minimum Gasteiger partial charge on any atom is -0.478 e. The quantitative estimate of drug-likeness (QED) is 0.749. The minimum atomic E-state index is -1.18. The van der Waals surface area contributed by atoms with Gasteiger partial charge in [0, 0.05) is 5.56 Å². The summed E-state index contributed by atoms with van der Waals surface area (Å²) in [7, 11) is 0. The third-order valence-corrected chi connectivity index (χ3v) is 1.57. The van der Waals surface area contributed by atoms with E-state index in [1.54, 1.807) is 6.07 Å². The molecule has 1 aromatic rings. The van der Waals surface area contributed by atoms with E-state index in [4.69, 9.17) is 10.4 Å². The molecule has 1 N–H and O–H groups in total. The van der Waals surface area contributed by atoms with Gasteiger partial charge >= 0.3 is 5.97 Å². The maximum atomic E-state index is 13.0. The first kappa shape index (κ1) is 9.20. The van der Waals surface area contributed by atoms with Crippen LogP contribution in [0, 0.1) is 17.1 Å². The number of carboxylic acid groups (broad SMARTS) is 1. The summed E-state index contributed by atoms with van der Waals surface area (Å²) in [5.74, 6) is -1.83. The van der Waals surface area contributed by atoms with E-state index in [2.05, 4.69) is 0 Å². The van der Waals surface area contributed by atoms with Crippen molar-refractivity contribution < 1.29 is 14.3 Å². The Hall–Kier alpha value is -1.89. The normalized spacial score (nSPS) is 9.23. The maximum absolute atomic E-state index is 13.0. The molecule has 0 radical (unpaired) electrons. The van der Waals surface area contributed by atoms with E-state index in [9.17, 15) is 9.18 Å². The zero-order valence-corrected chi connectivity index (χ0v) is 6.62. The summed E-state index contributed by atoms with van der Waals surface area (Å²) < 4.78 is 13.0. The number of aromatic carboxylic acids is 1. The molecule has 3 nitrogen and oxygen atoms in total. The summed E-state index contributed by atoms with van der Waals surface area (Å²) >= 11 is 0. The highest BCUT2D eigenvalue weighted by Crippen LogP contribution is 2.10. The molecule has 0 fully saturated rings. The first-order chi connectivity index (χ1) is 6.15. The number of halogens is 1. The SMILES string of the molecule is N#CCc1ccc(C(=O)O)cc1F. The Morgan fingerprint density at radius 1 is 1.62 bits per heavy atom. The molecule has 0 amide bonds. The topological polar surface area (TPSA) is 61.1 Å². The van der Waals surface area contributed by atoms with Crippen LogP contribution >= 0.6 is 0 Å². The lowest BCUT2D eigenvalue weighted by Crippen LogP contribution is -1.98. The first-order valence-electron chi connectivity index (χ1n) is 3.54. The van der Waals surface area contributed by atoms with Crippen molar-refractivity contribution in [3.63, 3.8) is 0 Å². The standard InChI is InChI=1S/C9H6FNO2/c10-8-5-7(9(12)13)2-1-6(8)3-4-11/h1-2,5H,3H2,(H,12,13). The van der Waals surface area contributed by atoms with E-state index in [-0.39, 0.29) is 17.5 Å². The number of nitrogens with zero attached hydrogens (tertiary/aromatic N) is 1. The van der Waals surface area contributed by atoms with Crippen molar-refractivity contribution in [1.82, 2.24) is 0 Å². The largest absolute Gasteiger partial charge is 0.478 e. The van der Waals surface area contributed by atoms with Gasteiger partial charge in [0.25, 0.3) is 0 Å². The van der Waals surface area contributed by atoms with Gasteiger partial charge in [0.1, 0.15) is 5.82 Å². The molecule has 0 aliphatic rings. The van der Waals surface area contributed by atoms with Crippen molar-refractivity contribution in [2.24, 2.45) is 0 Å². The van der Waals surface area contributed by atoms with Gasteiger partial charge in [-0.2, -0.15) is 5.26 Å². The Balaban J connectivity index is 3.07. The average Bonchev–Trinajstić information content (AvgIpc) is 2.08. The molecule has 0 aliphatic heterocycles. The van der Waals surface area contributed by atoms with Crippen molar-refractivity contribution >= 4 is 5.97 Å². The molecular formula is C9H6FNO2. The van der Waals surface area contributed by atoms with Gasteiger partial charge in [0.15, 0.2) is 0 Å². The lowest BCUT2D eigenvalue weighted by molar-refractivity contribution is 0.0696. The Morgan fingerprint density at radius 3 is 2.77 bits per heavy atom. The van der Waals surface area contributed by atoms with E-state index in [1.807, 2.05) is 0 Å². The summed E-state index contributed by atoms with van der Waals surface area (Å²) in [5, 5.41) is 16.8. The Kier molecular flexibility index (Phi) is 2.60. The molecular weight excluding hydrogens is 173 g/mol. The van der Waals surface area contributed by atoms with Gasteiger partial charge in [0.05, 0.1) is 18.1 Å². The van der Waals surface area contributed by atoms with Gasteiger partial charge in [-0.15, -0.1) is 0 Å². The second kappa shape index (κ2) is 3.68. The van der Waals surface area contributed by atoms with Crippen molar-refractivity contribution in [3.8, 4) is 6.07 Å². The van der Waals surface area contributed by atoms with Gasteiger partial charge in [0.2, 0.25) is 0 Å². The molecule has 0 aliphatic carbocycles. The van der Waals surface area contributed by atoms with E-state index in [1.165, 1.54) is 12.1 Å². The molecule has 1 rings (SSSR count).